The van der Waals surface area contributed by atoms with Crippen molar-refractivity contribution in [2.45, 2.75) is 32.1 Å². The number of piperidine rings is 1. The molecule has 1 aromatic rings. The van der Waals surface area contributed by atoms with Crippen LogP contribution in [0.5, 0.6) is 0 Å². The fraction of sp³-hybridized carbons (Fsp3) is 0.588. The van der Waals surface area contributed by atoms with Crippen LogP contribution in [0.25, 0.3) is 0 Å². The maximum Gasteiger partial charge on any atom is 0.235 e. The third kappa shape index (κ3) is 5.33. The molecule has 0 radical (unpaired) electrons. The first-order chi connectivity index (χ1) is 11.5. The van der Waals surface area contributed by atoms with E-state index < -0.39 is 10.0 Å². The summed E-state index contributed by atoms with van der Waals surface area (Å²) in [6.45, 7) is 2.63. The summed E-state index contributed by atoms with van der Waals surface area (Å²) < 4.78 is 25.3. The normalized spacial score (nSPS) is 20.1. The van der Waals surface area contributed by atoms with Crippen molar-refractivity contribution in [3.8, 4) is 0 Å². The number of nitrogens with zero attached hydrogens (tertiary/aromatic N) is 1. The quantitative estimate of drug-likeness (QED) is 0.812. The Bertz CT molecular complexity index is 673. The van der Waals surface area contributed by atoms with Crippen LogP contribution in [0.15, 0.2) is 24.3 Å². The Balaban J connectivity index is 0.00000225. The third-order valence-electron chi connectivity index (χ3n) is 4.78. The summed E-state index contributed by atoms with van der Waals surface area (Å²) in [5, 5.41) is 6.23. The minimum atomic E-state index is -3.16. The van der Waals surface area contributed by atoms with Crippen molar-refractivity contribution in [1.82, 2.24) is 5.32 Å². The van der Waals surface area contributed by atoms with Crippen LogP contribution < -0.4 is 14.9 Å². The van der Waals surface area contributed by atoms with Crippen LogP contribution in [0.3, 0.4) is 0 Å². The maximum absolute atomic E-state index is 12.1. The Morgan fingerprint density at radius 1 is 1.20 bits per heavy atom. The molecule has 1 amide bonds. The molecule has 0 aliphatic carbocycles. The molecule has 2 fully saturated rings. The van der Waals surface area contributed by atoms with Crippen molar-refractivity contribution >= 4 is 39.7 Å². The van der Waals surface area contributed by atoms with Gasteiger partial charge in [0.2, 0.25) is 15.9 Å². The number of nitrogens with one attached hydrogen (secondary N) is 2. The third-order valence-corrected chi connectivity index (χ3v) is 6.65. The van der Waals surface area contributed by atoms with E-state index in [0.717, 1.165) is 32.4 Å². The van der Waals surface area contributed by atoms with Crippen LogP contribution in [0, 0.1) is 5.92 Å². The molecule has 2 saturated heterocycles. The average Bonchev–Trinajstić information content (AvgIpc) is 2.94. The molecule has 2 aliphatic rings. The lowest BCUT2D eigenvalue weighted by atomic mass is 9.93. The van der Waals surface area contributed by atoms with E-state index in [-0.39, 0.29) is 24.1 Å². The number of sulfonamides is 1. The summed E-state index contributed by atoms with van der Waals surface area (Å²) in [4.78, 5) is 12.1. The first kappa shape index (κ1) is 20.0. The van der Waals surface area contributed by atoms with Gasteiger partial charge in [0.15, 0.2) is 0 Å². The van der Waals surface area contributed by atoms with Gasteiger partial charge in [-0.05, 0) is 69.0 Å². The maximum atomic E-state index is 12.1. The number of rotatable bonds is 5. The van der Waals surface area contributed by atoms with Gasteiger partial charge < -0.3 is 10.6 Å². The Labute approximate surface area is 155 Å². The number of benzene rings is 1. The van der Waals surface area contributed by atoms with E-state index in [4.69, 9.17) is 0 Å². The van der Waals surface area contributed by atoms with Gasteiger partial charge >= 0.3 is 0 Å². The smallest absolute Gasteiger partial charge is 0.235 e. The van der Waals surface area contributed by atoms with Gasteiger partial charge in [0.25, 0.3) is 0 Å². The minimum absolute atomic E-state index is 0. The molecule has 0 atom stereocenters. The van der Waals surface area contributed by atoms with Gasteiger partial charge in [-0.3, -0.25) is 9.10 Å². The van der Waals surface area contributed by atoms with Gasteiger partial charge in [-0.25, -0.2) is 8.42 Å². The Morgan fingerprint density at radius 3 is 2.48 bits per heavy atom. The lowest BCUT2D eigenvalue weighted by Gasteiger charge is -2.22. The van der Waals surface area contributed by atoms with Crippen molar-refractivity contribution in [2.75, 3.05) is 35.0 Å². The summed E-state index contributed by atoms with van der Waals surface area (Å²) in [5.74, 6) is 0.872. The molecular formula is C17H26ClN3O3S. The highest BCUT2D eigenvalue weighted by Crippen LogP contribution is 2.25. The van der Waals surface area contributed by atoms with Crippen molar-refractivity contribution in [3.63, 3.8) is 0 Å². The van der Waals surface area contributed by atoms with Crippen LogP contribution in [0.2, 0.25) is 0 Å². The topological polar surface area (TPSA) is 78.5 Å². The Kier molecular flexibility index (Phi) is 7.10. The number of hydrogen-bond donors (Lipinski definition) is 2. The number of hydrogen-bond acceptors (Lipinski definition) is 4. The zero-order chi connectivity index (χ0) is 17.0. The molecular weight excluding hydrogens is 362 g/mol. The standard InChI is InChI=1S/C17H25N3O3S.ClH/c21-17(7-2-14-8-10-18-11-9-14)19-15-3-5-16(6-4-15)20-12-1-13-24(20,22)23;/h3-6,14,18H,1-2,7-13H2,(H,19,21);1H. The van der Waals surface area contributed by atoms with E-state index in [0.29, 0.717) is 36.7 Å². The molecule has 6 nitrogen and oxygen atoms in total. The molecule has 0 spiro atoms. The summed E-state index contributed by atoms with van der Waals surface area (Å²) >= 11 is 0. The van der Waals surface area contributed by atoms with Gasteiger partial charge in [-0.2, -0.15) is 0 Å². The van der Waals surface area contributed by atoms with Gasteiger partial charge in [0.1, 0.15) is 0 Å². The second-order valence-electron chi connectivity index (χ2n) is 6.57. The number of amides is 1. The fourth-order valence-electron chi connectivity index (χ4n) is 3.37. The SMILES string of the molecule is Cl.O=C(CCC1CCNCC1)Nc1ccc(N2CCCS2(=O)=O)cc1. The molecule has 8 heteroatoms. The first-order valence-electron chi connectivity index (χ1n) is 8.66. The number of halogens is 1. The summed E-state index contributed by atoms with van der Waals surface area (Å²) in [6, 6.07) is 7.05. The summed E-state index contributed by atoms with van der Waals surface area (Å²) in [6.07, 6.45) is 4.42. The lowest BCUT2D eigenvalue weighted by molar-refractivity contribution is -0.116. The highest BCUT2D eigenvalue weighted by molar-refractivity contribution is 7.93. The van der Waals surface area contributed by atoms with Crippen LogP contribution >= 0.6 is 12.4 Å². The molecule has 3 rings (SSSR count). The molecule has 140 valence electrons. The largest absolute Gasteiger partial charge is 0.326 e. The van der Waals surface area contributed by atoms with E-state index in [2.05, 4.69) is 10.6 Å². The molecule has 0 unspecified atom stereocenters. The zero-order valence-corrected chi connectivity index (χ0v) is 15.9. The van der Waals surface area contributed by atoms with Crippen LogP contribution in [-0.2, 0) is 14.8 Å². The lowest BCUT2D eigenvalue weighted by Crippen LogP contribution is -2.28. The van der Waals surface area contributed by atoms with Crippen LogP contribution in [0.4, 0.5) is 11.4 Å². The summed E-state index contributed by atoms with van der Waals surface area (Å²) in [5.41, 5.74) is 1.38. The predicted octanol–water partition coefficient (Wildman–Crippen LogP) is 2.37. The van der Waals surface area contributed by atoms with Crippen molar-refractivity contribution in [2.24, 2.45) is 5.92 Å². The van der Waals surface area contributed by atoms with Gasteiger partial charge in [-0.15, -0.1) is 12.4 Å². The van der Waals surface area contributed by atoms with E-state index in [1.165, 1.54) is 4.31 Å². The highest BCUT2D eigenvalue weighted by Gasteiger charge is 2.28. The van der Waals surface area contributed by atoms with Gasteiger partial charge in [-0.1, -0.05) is 0 Å². The van der Waals surface area contributed by atoms with Gasteiger partial charge in [0.05, 0.1) is 11.4 Å². The first-order valence-corrected chi connectivity index (χ1v) is 10.3. The van der Waals surface area contributed by atoms with Gasteiger partial charge in [0, 0.05) is 18.7 Å². The Morgan fingerprint density at radius 2 is 1.88 bits per heavy atom. The molecule has 0 saturated carbocycles. The van der Waals surface area contributed by atoms with Crippen molar-refractivity contribution in [3.05, 3.63) is 24.3 Å². The molecule has 25 heavy (non-hydrogen) atoms. The monoisotopic (exact) mass is 387 g/mol. The zero-order valence-electron chi connectivity index (χ0n) is 14.2. The molecule has 0 aromatic heterocycles. The van der Waals surface area contributed by atoms with E-state index in [1.807, 2.05) is 0 Å². The molecule has 1 aromatic carbocycles. The Hall–Kier alpha value is -1.31. The highest BCUT2D eigenvalue weighted by atomic mass is 35.5. The second kappa shape index (κ2) is 8.87. The van der Waals surface area contributed by atoms with E-state index in [9.17, 15) is 13.2 Å². The van der Waals surface area contributed by atoms with E-state index >= 15 is 0 Å². The molecule has 2 aliphatic heterocycles. The van der Waals surface area contributed by atoms with E-state index in [1.54, 1.807) is 24.3 Å². The van der Waals surface area contributed by atoms with Crippen molar-refractivity contribution in [1.29, 1.82) is 0 Å². The second-order valence-corrected chi connectivity index (χ2v) is 8.58. The van der Waals surface area contributed by atoms with Crippen LogP contribution in [-0.4, -0.2) is 39.7 Å². The average molecular weight is 388 g/mol. The molecule has 0 bridgehead atoms. The minimum Gasteiger partial charge on any atom is -0.326 e. The number of carbonyl (C=O) groups excluding carboxylic acids is 1. The molecule has 2 N–H and O–H groups in total. The number of anilines is 2. The predicted molar refractivity (Wildman–Crippen MR) is 103 cm³/mol. The van der Waals surface area contributed by atoms with Crippen LogP contribution in [0.1, 0.15) is 32.1 Å². The summed E-state index contributed by atoms with van der Waals surface area (Å²) in [7, 11) is -3.16. The number of carbonyl (C=O) groups is 1. The fourth-order valence-corrected chi connectivity index (χ4v) is 4.93. The van der Waals surface area contributed by atoms with Crippen molar-refractivity contribution < 1.29 is 13.2 Å². The molecule has 2 heterocycles.